The molecule has 3 amide bonds. The molecular weight excluding hydrogens is 380 g/mol. The van der Waals surface area contributed by atoms with Crippen LogP contribution < -0.4 is 21.7 Å². The summed E-state index contributed by atoms with van der Waals surface area (Å²) in [5.41, 5.74) is 5.18. The van der Waals surface area contributed by atoms with Crippen molar-refractivity contribution in [2.24, 2.45) is 11.7 Å². The zero-order valence-corrected chi connectivity index (χ0v) is 16.0. The largest absolute Gasteiger partial charge is 0.481 e. The first kappa shape index (κ1) is 24.7. The SMILES string of the molecule is CC(C)C(NC(=O)C(CS)NC(=O)CN)C(=O)NC(CCC(=O)O)C(=O)O. The van der Waals surface area contributed by atoms with Crippen LogP contribution in [-0.4, -0.2) is 70.3 Å². The minimum atomic E-state index is -1.41. The molecule has 27 heavy (non-hydrogen) atoms. The van der Waals surface area contributed by atoms with Crippen molar-refractivity contribution in [2.45, 2.75) is 44.8 Å². The Hall–Kier alpha value is -2.34. The first-order valence-corrected chi connectivity index (χ1v) is 8.82. The van der Waals surface area contributed by atoms with Gasteiger partial charge in [-0.05, 0) is 12.3 Å². The number of carboxylic acid groups (broad SMARTS) is 2. The van der Waals surface area contributed by atoms with Crippen LogP contribution >= 0.6 is 12.6 Å². The summed E-state index contributed by atoms with van der Waals surface area (Å²) >= 11 is 3.97. The van der Waals surface area contributed by atoms with Gasteiger partial charge in [0.1, 0.15) is 18.1 Å². The zero-order chi connectivity index (χ0) is 21.1. The van der Waals surface area contributed by atoms with Crippen molar-refractivity contribution in [3.63, 3.8) is 0 Å². The molecule has 0 fully saturated rings. The standard InChI is InChI=1S/C15H26N4O7S/c1-7(2)12(19-13(23)9(6-27)17-10(20)5-16)14(24)18-8(15(25)26)3-4-11(21)22/h7-9,12,27H,3-6,16H2,1-2H3,(H,17,20)(H,18,24)(H,19,23)(H,21,22)(H,25,26). The van der Waals surface area contributed by atoms with E-state index in [0.29, 0.717) is 0 Å². The Morgan fingerprint density at radius 2 is 1.56 bits per heavy atom. The number of nitrogens with one attached hydrogen (secondary N) is 3. The van der Waals surface area contributed by atoms with Gasteiger partial charge in [-0.1, -0.05) is 13.8 Å². The van der Waals surface area contributed by atoms with E-state index in [9.17, 15) is 24.0 Å². The maximum absolute atomic E-state index is 12.4. The van der Waals surface area contributed by atoms with Gasteiger partial charge in [-0.15, -0.1) is 0 Å². The lowest BCUT2D eigenvalue weighted by molar-refractivity contribution is -0.143. The van der Waals surface area contributed by atoms with Crippen molar-refractivity contribution in [2.75, 3.05) is 12.3 Å². The highest BCUT2D eigenvalue weighted by molar-refractivity contribution is 7.80. The summed E-state index contributed by atoms with van der Waals surface area (Å²) in [6.07, 6.45) is -0.746. The number of carboxylic acids is 2. The van der Waals surface area contributed by atoms with Gasteiger partial charge < -0.3 is 31.9 Å². The summed E-state index contributed by atoms with van der Waals surface area (Å²) in [6.45, 7) is 2.94. The number of nitrogens with two attached hydrogens (primary N) is 1. The number of carbonyl (C=O) groups excluding carboxylic acids is 3. The van der Waals surface area contributed by atoms with E-state index in [0.717, 1.165) is 0 Å². The summed E-state index contributed by atoms with van der Waals surface area (Å²) in [4.78, 5) is 57.9. The Kier molecular flexibility index (Phi) is 11.1. The van der Waals surface area contributed by atoms with E-state index in [1.54, 1.807) is 13.8 Å². The van der Waals surface area contributed by atoms with Crippen LogP contribution in [0.5, 0.6) is 0 Å². The predicted octanol–water partition coefficient (Wildman–Crippen LogP) is -2.07. The van der Waals surface area contributed by atoms with E-state index in [2.05, 4.69) is 28.6 Å². The fraction of sp³-hybridized carbons (Fsp3) is 0.667. The summed E-state index contributed by atoms with van der Waals surface area (Å²) in [5, 5.41) is 24.8. The molecule has 0 aliphatic heterocycles. The van der Waals surface area contributed by atoms with Gasteiger partial charge in [0.05, 0.1) is 6.54 Å². The molecule has 0 aliphatic carbocycles. The van der Waals surface area contributed by atoms with Gasteiger partial charge in [-0.3, -0.25) is 19.2 Å². The highest BCUT2D eigenvalue weighted by Crippen LogP contribution is 2.06. The Morgan fingerprint density at radius 3 is 1.96 bits per heavy atom. The molecule has 154 valence electrons. The van der Waals surface area contributed by atoms with Gasteiger partial charge in [0.2, 0.25) is 17.7 Å². The van der Waals surface area contributed by atoms with E-state index in [1.165, 1.54) is 0 Å². The average molecular weight is 406 g/mol. The van der Waals surface area contributed by atoms with Gasteiger partial charge in [-0.2, -0.15) is 12.6 Å². The molecule has 0 aromatic rings. The monoisotopic (exact) mass is 406 g/mol. The molecule has 0 aromatic carbocycles. The number of thiol groups is 1. The minimum absolute atomic E-state index is 0.0413. The van der Waals surface area contributed by atoms with Crippen molar-refractivity contribution in [1.82, 2.24) is 16.0 Å². The molecule has 3 atom stereocenters. The van der Waals surface area contributed by atoms with Crippen LogP contribution in [0.15, 0.2) is 0 Å². The Bertz CT molecular complexity index is 570. The highest BCUT2D eigenvalue weighted by atomic mass is 32.1. The van der Waals surface area contributed by atoms with Gasteiger partial charge in [0, 0.05) is 12.2 Å². The molecule has 0 aromatic heterocycles. The highest BCUT2D eigenvalue weighted by Gasteiger charge is 2.31. The molecule has 0 radical (unpaired) electrons. The minimum Gasteiger partial charge on any atom is -0.481 e. The quantitative estimate of drug-likeness (QED) is 0.180. The second-order valence-electron chi connectivity index (χ2n) is 6.07. The second kappa shape index (κ2) is 12.1. The molecule has 0 saturated heterocycles. The molecule has 0 heterocycles. The first-order chi connectivity index (χ1) is 12.5. The number of carbonyl (C=O) groups is 5. The molecular formula is C15H26N4O7S. The van der Waals surface area contributed by atoms with E-state index < -0.39 is 60.1 Å². The molecule has 0 saturated carbocycles. The number of hydrogen-bond donors (Lipinski definition) is 7. The number of hydrogen-bond acceptors (Lipinski definition) is 7. The number of rotatable bonds is 12. The van der Waals surface area contributed by atoms with E-state index >= 15 is 0 Å². The fourth-order valence-electron chi connectivity index (χ4n) is 2.02. The number of amides is 3. The third-order valence-electron chi connectivity index (χ3n) is 3.53. The van der Waals surface area contributed by atoms with E-state index in [1.807, 2.05) is 0 Å². The predicted molar refractivity (Wildman–Crippen MR) is 98.0 cm³/mol. The Labute approximate surface area is 161 Å². The van der Waals surface area contributed by atoms with Crippen molar-refractivity contribution >= 4 is 42.3 Å². The van der Waals surface area contributed by atoms with E-state index in [4.69, 9.17) is 15.9 Å². The molecule has 0 rings (SSSR count). The molecule has 12 heteroatoms. The molecule has 11 nitrogen and oxygen atoms in total. The van der Waals surface area contributed by atoms with Crippen molar-refractivity contribution < 1.29 is 34.2 Å². The van der Waals surface area contributed by atoms with E-state index in [-0.39, 0.29) is 18.7 Å². The summed E-state index contributed by atoms with van der Waals surface area (Å²) in [6, 6.07) is -3.54. The van der Waals surface area contributed by atoms with Crippen LogP contribution in [0.2, 0.25) is 0 Å². The van der Waals surface area contributed by atoms with Gasteiger partial charge >= 0.3 is 11.9 Å². The molecule has 0 bridgehead atoms. The molecule has 3 unspecified atom stereocenters. The maximum atomic E-state index is 12.4. The van der Waals surface area contributed by atoms with Gasteiger partial charge in [0.15, 0.2) is 0 Å². The van der Waals surface area contributed by atoms with Crippen LogP contribution in [0.4, 0.5) is 0 Å². The lowest BCUT2D eigenvalue weighted by atomic mass is 10.0. The van der Waals surface area contributed by atoms with Crippen LogP contribution in [0.25, 0.3) is 0 Å². The topological polar surface area (TPSA) is 188 Å². The van der Waals surface area contributed by atoms with Gasteiger partial charge in [0.25, 0.3) is 0 Å². The average Bonchev–Trinajstić information content (AvgIpc) is 2.59. The Morgan fingerprint density at radius 1 is 0.963 bits per heavy atom. The molecule has 7 N–H and O–H groups in total. The van der Waals surface area contributed by atoms with Crippen molar-refractivity contribution in [1.29, 1.82) is 0 Å². The smallest absolute Gasteiger partial charge is 0.326 e. The normalized spacial score (nSPS) is 14.0. The third kappa shape index (κ3) is 9.24. The van der Waals surface area contributed by atoms with Gasteiger partial charge in [-0.25, -0.2) is 4.79 Å². The third-order valence-corrected chi connectivity index (χ3v) is 3.89. The summed E-state index contributed by atoms with van der Waals surface area (Å²) in [5.74, 6) is -5.07. The zero-order valence-electron chi connectivity index (χ0n) is 15.1. The Balaban J connectivity index is 5.10. The van der Waals surface area contributed by atoms with Crippen LogP contribution in [0.3, 0.4) is 0 Å². The number of aliphatic carboxylic acids is 2. The summed E-state index contributed by atoms with van der Waals surface area (Å²) in [7, 11) is 0. The van der Waals surface area contributed by atoms with Crippen LogP contribution in [0.1, 0.15) is 26.7 Å². The molecule has 0 aliphatic rings. The summed E-state index contributed by atoms with van der Waals surface area (Å²) < 4.78 is 0. The lowest BCUT2D eigenvalue weighted by Crippen LogP contribution is -2.58. The maximum Gasteiger partial charge on any atom is 0.326 e. The molecule has 0 spiro atoms. The van der Waals surface area contributed by atoms with Crippen LogP contribution in [-0.2, 0) is 24.0 Å². The van der Waals surface area contributed by atoms with Crippen LogP contribution in [0, 0.1) is 5.92 Å². The lowest BCUT2D eigenvalue weighted by Gasteiger charge is -2.26. The second-order valence-corrected chi connectivity index (χ2v) is 6.43. The van der Waals surface area contributed by atoms with Crippen molar-refractivity contribution in [3.8, 4) is 0 Å². The fourth-order valence-corrected chi connectivity index (χ4v) is 2.28. The van der Waals surface area contributed by atoms with Crippen molar-refractivity contribution in [3.05, 3.63) is 0 Å². The first-order valence-electron chi connectivity index (χ1n) is 8.19.